The van der Waals surface area contributed by atoms with Crippen molar-refractivity contribution >= 4 is 27.8 Å². The van der Waals surface area contributed by atoms with Gasteiger partial charge in [-0.2, -0.15) is 0 Å². The molecule has 0 aliphatic rings. The number of amides is 1. The molecular formula is C11H13BrN2O3. The van der Waals surface area contributed by atoms with Gasteiger partial charge in [0.05, 0.1) is 5.92 Å². The monoisotopic (exact) mass is 300 g/mol. The van der Waals surface area contributed by atoms with Crippen molar-refractivity contribution in [3.63, 3.8) is 0 Å². The Balaban J connectivity index is 2.46. The van der Waals surface area contributed by atoms with Gasteiger partial charge >= 0.3 is 5.97 Å². The largest absolute Gasteiger partial charge is 0.481 e. The van der Waals surface area contributed by atoms with Crippen LogP contribution in [0.5, 0.6) is 0 Å². The molecule has 1 aromatic rings. The molecule has 0 saturated heterocycles. The summed E-state index contributed by atoms with van der Waals surface area (Å²) in [5.41, 5.74) is 0.301. The molecule has 1 rings (SSSR count). The molecule has 5 nitrogen and oxygen atoms in total. The molecule has 1 aromatic heterocycles. The number of hydrogen-bond donors (Lipinski definition) is 2. The molecular weight excluding hydrogens is 288 g/mol. The molecule has 0 aliphatic heterocycles. The number of nitrogens with one attached hydrogen (secondary N) is 1. The molecule has 92 valence electrons. The van der Waals surface area contributed by atoms with E-state index < -0.39 is 11.9 Å². The summed E-state index contributed by atoms with van der Waals surface area (Å²) in [5, 5.41) is 11.3. The summed E-state index contributed by atoms with van der Waals surface area (Å²) < 4.78 is 0.615. The molecule has 0 fully saturated rings. The third kappa shape index (κ3) is 4.14. The van der Waals surface area contributed by atoms with Crippen molar-refractivity contribution in [1.29, 1.82) is 0 Å². The predicted molar refractivity (Wildman–Crippen MR) is 65.7 cm³/mol. The second-order valence-corrected chi connectivity index (χ2v) is 4.47. The zero-order valence-electron chi connectivity index (χ0n) is 9.31. The first-order valence-electron chi connectivity index (χ1n) is 5.14. The Labute approximate surface area is 107 Å². The zero-order chi connectivity index (χ0) is 12.8. The second-order valence-electron chi connectivity index (χ2n) is 3.62. The van der Waals surface area contributed by atoms with Gasteiger partial charge in [0.2, 0.25) is 0 Å². The van der Waals surface area contributed by atoms with Gasteiger partial charge in [0, 0.05) is 17.2 Å². The van der Waals surface area contributed by atoms with Gasteiger partial charge in [-0.05, 0) is 34.5 Å². The van der Waals surface area contributed by atoms with E-state index in [0.717, 1.165) is 0 Å². The maximum absolute atomic E-state index is 11.7. The first kappa shape index (κ1) is 13.6. The minimum absolute atomic E-state index is 0.301. The number of carbonyl (C=O) groups is 2. The number of rotatable bonds is 5. The average Bonchev–Trinajstić information content (AvgIpc) is 2.29. The summed E-state index contributed by atoms with van der Waals surface area (Å²) in [7, 11) is 0. The van der Waals surface area contributed by atoms with Crippen molar-refractivity contribution in [3.05, 3.63) is 28.5 Å². The predicted octanol–water partition coefficient (Wildman–Crippen LogP) is 1.68. The van der Waals surface area contributed by atoms with Crippen LogP contribution in [0.25, 0.3) is 0 Å². The van der Waals surface area contributed by atoms with Gasteiger partial charge in [0.1, 0.15) is 5.69 Å². The summed E-state index contributed by atoms with van der Waals surface area (Å²) >= 11 is 3.22. The van der Waals surface area contributed by atoms with E-state index in [4.69, 9.17) is 5.11 Å². The summed E-state index contributed by atoms with van der Waals surface area (Å²) in [5.74, 6) is -1.64. The second kappa shape index (κ2) is 6.34. The van der Waals surface area contributed by atoms with Gasteiger partial charge in [0.25, 0.3) is 5.91 Å². The number of carbonyl (C=O) groups excluding carboxylic acids is 1. The number of pyridine rings is 1. The van der Waals surface area contributed by atoms with Crippen LogP contribution in [0.15, 0.2) is 22.8 Å². The summed E-state index contributed by atoms with van der Waals surface area (Å²) in [6.45, 7) is 1.92. The molecule has 0 aromatic carbocycles. The molecule has 0 bridgehead atoms. The molecule has 0 aliphatic carbocycles. The van der Waals surface area contributed by atoms with Crippen LogP contribution >= 0.6 is 15.9 Å². The first-order valence-corrected chi connectivity index (χ1v) is 5.93. The fourth-order valence-corrected chi connectivity index (χ4v) is 1.60. The number of aliphatic carboxylic acids is 1. The lowest BCUT2D eigenvalue weighted by molar-refractivity contribution is -0.141. The van der Waals surface area contributed by atoms with Crippen molar-refractivity contribution in [2.75, 3.05) is 6.54 Å². The standard InChI is InChI=1S/C11H13BrN2O3/c1-7(11(16)17)4-6-14-10(15)9-8(12)3-2-5-13-9/h2-3,5,7H,4,6H2,1H3,(H,14,15)(H,16,17). The molecule has 1 amide bonds. The Kier molecular flexibility index (Phi) is 5.09. The van der Waals surface area contributed by atoms with E-state index >= 15 is 0 Å². The van der Waals surface area contributed by atoms with Crippen LogP contribution in [0.3, 0.4) is 0 Å². The Morgan fingerprint density at radius 1 is 1.59 bits per heavy atom. The van der Waals surface area contributed by atoms with E-state index in [2.05, 4.69) is 26.2 Å². The van der Waals surface area contributed by atoms with Crippen LogP contribution in [0.1, 0.15) is 23.8 Å². The molecule has 0 saturated carbocycles. The molecule has 6 heteroatoms. The van der Waals surface area contributed by atoms with Gasteiger partial charge in [-0.1, -0.05) is 6.92 Å². The summed E-state index contributed by atoms with van der Waals surface area (Å²) in [6, 6.07) is 3.44. The normalized spacial score (nSPS) is 11.9. The van der Waals surface area contributed by atoms with Crippen molar-refractivity contribution in [1.82, 2.24) is 10.3 Å². The molecule has 1 unspecified atom stereocenters. The quantitative estimate of drug-likeness (QED) is 0.867. The third-order valence-corrected chi connectivity index (χ3v) is 2.90. The molecule has 1 heterocycles. The van der Waals surface area contributed by atoms with E-state index in [9.17, 15) is 9.59 Å². The van der Waals surface area contributed by atoms with Crippen LogP contribution in [-0.4, -0.2) is 28.5 Å². The van der Waals surface area contributed by atoms with Gasteiger partial charge in [0.15, 0.2) is 0 Å². The Hall–Kier alpha value is -1.43. The number of hydrogen-bond acceptors (Lipinski definition) is 3. The molecule has 0 radical (unpaired) electrons. The maximum atomic E-state index is 11.7. The number of carboxylic acids is 1. The van der Waals surface area contributed by atoms with Crippen LogP contribution in [0.4, 0.5) is 0 Å². The van der Waals surface area contributed by atoms with Crippen LogP contribution in [-0.2, 0) is 4.79 Å². The lowest BCUT2D eigenvalue weighted by atomic mass is 10.1. The van der Waals surface area contributed by atoms with Crippen LogP contribution in [0.2, 0.25) is 0 Å². The van der Waals surface area contributed by atoms with E-state index in [1.54, 1.807) is 19.1 Å². The highest BCUT2D eigenvalue weighted by atomic mass is 79.9. The van der Waals surface area contributed by atoms with Gasteiger partial charge in [-0.25, -0.2) is 4.98 Å². The lowest BCUT2D eigenvalue weighted by Gasteiger charge is -2.08. The minimum atomic E-state index is -0.863. The van der Waals surface area contributed by atoms with Gasteiger partial charge in [-0.15, -0.1) is 0 Å². The zero-order valence-corrected chi connectivity index (χ0v) is 10.9. The SMILES string of the molecule is CC(CCNC(=O)c1ncccc1Br)C(=O)O. The van der Waals surface area contributed by atoms with Crippen molar-refractivity contribution < 1.29 is 14.7 Å². The highest BCUT2D eigenvalue weighted by molar-refractivity contribution is 9.10. The average molecular weight is 301 g/mol. The van der Waals surface area contributed by atoms with E-state index in [1.807, 2.05) is 0 Å². The highest BCUT2D eigenvalue weighted by Gasteiger charge is 2.13. The number of halogens is 1. The molecule has 17 heavy (non-hydrogen) atoms. The van der Waals surface area contributed by atoms with Crippen LogP contribution < -0.4 is 5.32 Å². The number of carboxylic acid groups (broad SMARTS) is 1. The summed E-state index contributed by atoms with van der Waals surface area (Å²) in [6.07, 6.45) is 1.92. The fourth-order valence-electron chi connectivity index (χ4n) is 1.16. The fraction of sp³-hybridized carbons (Fsp3) is 0.364. The molecule has 1 atom stereocenters. The lowest BCUT2D eigenvalue weighted by Crippen LogP contribution is -2.28. The molecule has 0 spiro atoms. The third-order valence-electron chi connectivity index (χ3n) is 2.26. The topological polar surface area (TPSA) is 79.3 Å². The molecule has 2 N–H and O–H groups in total. The van der Waals surface area contributed by atoms with Crippen molar-refractivity contribution in [2.24, 2.45) is 5.92 Å². The highest BCUT2D eigenvalue weighted by Crippen LogP contribution is 2.12. The Morgan fingerprint density at radius 2 is 2.29 bits per heavy atom. The maximum Gasteiger partial charge on any atom is 0.306 e. The van der Waals surface area contributed by atoms with Crippen molar-refractivity contribution in [3.8, 4) is 0 Å². The van der Waals surface area contributed by atoms with Gasteiger partial charge < -0.3 is 10.4 Å². The van der Waals surface area contributed by atoms with E-state index in [1.165, 1.54) is 6.20 Å². The Bertz CT molecular complexity index is 423. The van der Waals surface area contributed by atoms with E-state index in [0.29, 0.717) is 23.1 Å². The number of nitrogens with zero attached hydrogens (tertiary/aromatic N) is 1. The van der Waals surface area contributed by atoms with Crippen molar-refractivity contribution in [2.45, 2.75) is 13.3 Å². The van der Waals surface area contributed by atoms with E-state index in [-0.39, 0.29) is 5.91 Å². The number of aromatic nitrogens is 1. The smallest absolute Gasteiger partial charge is 0.306 e. The Morgan fingerprint density at radius 3 is 2.88 bits per heavy atom. The van der Waals surface area contributed by atoms with Gasteiger partial charge in [-0.3, -0.25) is 9.59 Å². The first-order chi connectivity index (χ1) is 8.02. The minimum Gasteiger partial charge on any atom is -0.481 e. The summed E-state index contributed by atoms with van der Waals surface area (Å²) in [4.78, 5) is 26.2. The van der Waals surface area contributed by atoms with Crippen LogP contribution in [0, 0.1) is 5.92 Å².